The average Bonchev–Trinajstić information content (AvgIpc) is 2.84. The van der Waals surface area contributed by atoms with Crippen LogP contribution in [0, 0.1) is 13.8 Å². The van der Waals surface area contributed by atoms with Gasteiger partial charge in [0.25, 0.3) is 0 Å². The fraction of sp³-hybridized carbons (Fsp3) is 0.438. The maximum Gasteiger partial charge on any atom is 0.235 e. The molecule has 0 radical (unpaired) electrons. The van der Waals surface area contributed by atoms with Gasteiger partial charge in [-0.05, 0) is 45.4 Å². The molecule has 8 heteroatoms. The molecule has 0 atom stereocenters. The minimum atomic E-state index is -3.39. The predicted octanol–water partition coefficient (Wildman–Crippen LogP) is 1.32. The highest BCUT2D eigenvalue weighted by molar-refractivity contribution is 7.92. The lowest BCUT2D eigenvalue weighted by atomic mass is 10.3. The summed E-state index contributed by atoms with van der Waals surface area (Å²) < 4.78 is 25.2. The molecular weight excluding hydrogens is 328 g/mol. The van der Waals surface area contributed by atoms with Crippen molar-refractivity contribution in [3.8, 4) is 5.82 Å². The third-order valence-corrected chi connectivity index (χ3v) is 5.68. The van der Waals surface area contributed by atoms with Gasteiger partial charge in [0.2, 0.25) is 5.91 Å². The standard InChI is InChI=1S/C16H22N4O3S/c1-11(2)24(22,23)10-16(21)18-9-14-5-6-15(17-8-14)20-13(4)7-12(3)19-20/h5-8,11H,9-10H2,1-4H3,(H,18,21). The Bertz CT molecular complexity index is 824. The Morgan fingerprint density at radius 1 is 1.29 bits per heavy atom. The zero-order valence-electron chi connectivity index (χ0n) is 14.3. The molecule has 2 aromatic rings. The van der Waals surface area contributed by atoms with E-state index in [0.29, 0.717) is 5.82 Å². The number of rotatable bonds is 6. The second-order valence-electron chi connectivity index (χ2n) is 6.00. The van der Waals surface area contributed by atoms with Crippen LogP contribution in [0.1, 0.15) is 30.8 Å². The number of aromatic nitrogens is 3. The highest BCUT2D eigenvalue weighted by atomic mass is 32.2. The van der Waals surface area contributed by atoms with E-state index in [1.54, 1.807) is 24.7 Å². The van der Waals surface area contributed by atoms with Gasteiger partial charge in [0, 0.05) is 18.4 Å². The molecule has 1 amide bonds. The van der Waals surface area contributed by atoms with Crippen molar-refractivity contribution in [1.29, 1.82) is 0 Å². The third-order valence-electron chi connectivity index (χ3n) is 3.58. The maximum absolute atomic E-state index is 11.7. The summed E-state index contributed by atoms with van der Waals surface area (Å²) in [5.41, 5.74) is 2.69. The molecule has 24 heavy (non-hydrogen) atoms. The molecule has 130 valence electrons. The van der Waals surface area contributed by atoms with Crippen LogP contribution in [0.5, 0.6) is 0 Å². The largest absolute Gasteiger partial charge is 0.351 e. The van der Waals surface area contributed by atoms with Gasteiger partial charge in [-0.25, -0.2) is 18.1 Å². The molecular formula is C16H22N4O3S. The molecule has 2 rings (SSSR count). The highest BCUT2D eigenvalue weighted by Crippen LogP contribution is 2.10. The summed E-state index contributed by atoms with van der Waals surface area (Å²) in [5.74, 6) is -0.313. The van der Waals surface area contributed by atoms with Gasteiger partial charge in [-0.1, -0.05) is 6.07 Å². The summed E-state index contributed by atoms with van der Waals surface area (Å²) in [4.78, 5) is 16.1. The second kappa shape index (κ2) is 7.12. The maximum atomic E-state index is 11.7. The van der Waals surface area contributed by atoms with Crippen LogP contribution in [0.3, 0.4) is 0 Å². The molecule has 0 bridgehead atoms. The molecule has 7 nitrogen and oxygen atoms in total. The van der Waals surface area contributed by atoms with E-state index < -0.39 is 26.7 Å². The van der Waals surface area contributed by atoms with Gasteiger partial charge < -0.3 is 5.32 Å². The van der Waals surface area contributed by atoms with E-state index in [0.717, 1.165) is 17.0 Å². The smallest absolute Gasteiger partial charge is 0.235 e. The molecule has 0 aromatic carbocycles. The number of aryl methyl sites for hydroxylation is 2. The molecule has 0 aliphatic rings. The van der Waals surface area contributed by atoms with Gasteiger partial charge in [0.1, 0.15) is 5.75 Å². The summed E-state index contributed by atoms with van der Waals surface area (Å²) in [7, 11) is -3.39. The Kier molecular flexibility index (Phi) is 5.38. The number of nitrogens with zero attached hydrogens (tertiary/aromatic N) is 3. The molecule has 2 aromatic heterocycles. The molecule has 0 saturated carbocycles. The summed E-state index contributed by atoms with van der Waals surface area (Å²) in [6.45, 7) is 7.22. The molecule has 0 fully saturated rings. The molecule has 0 aliphatic carbocycles. The Hall–Kier alpha value is -2.22. The number of sulfone groups is 1. The summed E-state index contributed by atoms with van der Waals surface area (Å²) in [6, 6.07) is 5.60. The molecule has 0 spiro atoms. The highest BCUT2D eigenvalue weighted by Gasteiger charge is 2.20. The van der Waals surface area contributed by atoms with Crippen molar-refractivity contribution in [2.45, 2.75) is 39.5 Å². The number of pyridine rings is 1. The Balaban J connectivity index is 1.97. The number of hydrogen-bond acceptors (Lipinski definition) is 5. The van der Waals surface area contributed by atoms with E-state index in [1.807, 2.05) is 32.0 Å². The van der Waals surface area contributed by atoms with E-state index in [2.05, 4.69) is 15.4 Å². The normalized spacial score (nSPS) is 11.7. The minimum absolute atomic E-state index is 0.233. The lowest BCUT2D eigenvalue weighted by Crippen LogP contribution is -2.32. The first-order valence-electron chi connectivity index (χ1n) is 7.66. The van der Waals surface area contributed by atoms with Crippen molar-refractivity contribution < 1.29 is 13.2 Å². The van der Waals surface area contributed by atoms with Gasteiger partial charge >= 0.3 is 0 Å². The Morgan fingerprint density at radius 3 is 2.50 bits per heavy atom. The monoisotopic (exact) mass is 350 g/mol. The van der Waals surface area contributed by atoms with Gasteiger partial charge in [-0.3, -0.25) is 4.79 Å². The molecule has 2 heterocycles. The van der Waals surface area contributed by atoms with Gasteiger partial charge in [-0.15, -0.1) is 0 Å². The second-order valence-corrected chi connectivity index (χ2v) is 8.55. The van der Waals surface area contributed by atoms with Crippen molar-refractivity contribution in [1.82, 2.24) is 20.1 Å². The number of nitrogens with one attached hydrogen (secondary N) is 1. The SMILES string of the molecule is Cc1cc(C)n(-c2ccc(CNC(=O)CS(=O)(=O)C(C)C)cn2)n1. The van der Waals surface area contributed by atoms with Crippen molar-refractivity contribution in [3.63, 3.8) is 0 Å². The minimum Gasteiger partial charge on any atom is -0.351 e. The van der Waals surface area contributed by atoms with Crippen LogP contribution in [0.2, 0.25) is 0 Å². The van der Waals surface area contributed by atoms with Crippen molar-refractivity contribution in [3.05, 3.63) is 41.3 Å². The van der Waals surface area contributed by atoms with E-state index in [9.17, 15) is 13.2 Å². The first kappa shape index (κ1) is 18.1. The lowest BCUT2D eigenvalue weighted by Gasteiger charge is -2.09. The van der Waals surface area contributed by atoms with Gasteiger partial charge in [0.15, 0.2) is 15.7 Å². The predicted molar refractivity (Wildman–Crippen MR) is 91.6 cm³/mol. The number of hydrogen-bond donors (Lipinski definition) is 1. The summed E-state index contributed by atoms with van der Waals surface area (Å²) in [6.07, 6.45) is 1.64. The quantitative estimate of drug-likeness (QED) is 0.848. The van der Waals surface area contributed by atoms with Gasteiger partial charge in [-0.2, -0.15) is 5.10 Å². The van der Waals surface area contributed by atoms with Crippen molar-refractivity contribution in [2.24, 2.45) is 0 Å². The third kappa shape index (κ3) is 4.41. The van der Waals surface area contributed by atoms with Crippen LogP contribution in [0.25, 0.3) is 5.82 Å². The number of amides is 1. The topological polar surface area (TPSA) is 94.0 Å². The van der Waals surface area contributed by atoms with Crippen LogP contribution < -0.4 is 5.32 Å². The molecule has 0 unspecified atom stereocenters. The van der Waals surface area contributed by atoms with E-state index in [-0.39, 0.29) is 6.54 Å². The van der Waals surface area contributed by atoms with Gasteiger partial charge in [0.05, 0.1) is 10.9 Å². The fourth-order valence-corrected chi connectivity index (χ4v) is 2.91. The fourth-order valence-electron chi connectivity index (χ4n) is 2.11. The first-order valence-corrected chi connectivity index (χ1v) is 9.37. The molecule has 0 aliphatic heterocycles. The molecule has 1 N–H and O–H groups in total. The van der Waals surface area contributed by atoms with E-state index in [4.69, 9.17) is 0 Å². The van der Waals surface area contributed by atoms with E-state index >= 15 is 0 Å². The number of carbonyl (C=O) groups is 1. The van der Waals surface area contributed by atoms with Crippen LogP contribution in [0.4, 0.5) is 0 Å². The van der Waals surface area contributed by atoms with Crippen molar-refractivity contribution >= 4 is 15.7 Å². The molecule has 0 saturated heterocycles. The Morgan fingerprint density at radius 2 is 2.00 bits per heavy atom. The van der Waals surface area contributed by atoms with Crippen LogP contribution in [0.15, 0.2) is 24.4 Å². The summed E-state index contributed by atoms with van der Waals surface area (Å²) in [5, 5.41) is 6.40. The Labute approximate surface area is 142 Å². The number of carbonyl (C=O) groups excluding carboxylic acids is 1. The lowest BCUT2D eigenvalue weighted by molar-refractivity contribution is -0.118. The van der Waals surface area contributed by atoms with Crippen LogP contribution in [-0.2, 0) is 21.2 Å². The van der Waals surface area contributed by atoms with Crippen LogP contribution in [-0.4, -0.2) is 40.1 Å². The van der Waals surface area contributed by atoms with Crippen LogP contribution >= 0.6 is 0 Å². The average molecular weight is 350 g/mol. The zero-order valence-corrected chi connectivity index (χ0v) is 15.1. The summed E-state index contributed by atoms with van der Waals surface area (Å²) >= 11 is 0. The van der Waals surface area contributed by atoms with E-state index in [1.165, 1.54) is 0 Å². The zero-order chi connectivity index (χ0) is 17.9. The first-order chi connectivity index (χ1) is 11.2. The van der Waals surface area contributed by atoms with Crippen molar-refractivity contribution in [2.75, 3.05) is 5.75 Å².